The van der Waals surface area contributed by atoms with E-state index in [4.69, 9.17) is 4.74 Å². The van der Waals surface area contributed by atoms with Gasteiger partial charge in [0.25, 0.3) is 0 Å². The van der Waals surface area contributed by atoms with E-state index in [0.29, 0.717) is 6.04 Å². The maximum atomic E-state index is 5.61. The molecule has 0 unspecified atom stereocenters. The van der Waals surface area contributed by atoms with E-state index < -0.39 is 0 Å². The number of nitrogens with one attached hydrogen (secondary N) is 1. The Balaban J connectivity index is 0.00000104. The summed E-state index contributed by atoms with van der Waals surface area (Å²) in [6.07, 6.45) is 2.39. The average molecular weight is 389 g/mol. The van der Waals surface area contributed by atoms with E-state index in [2.05, 4.69) is 39.9 Å². The van der Waals surface area contributed by atoms with Crippen molar-refractivity contribution in [2.45, 2.75) is 18.9 Å². The topological polar surface area (TPSA) is 24.5 Å². The van der Waals surface area contributed by atoms with Crippen molar-refractivity contribution in [2.24, 2.45) is 5.92 Å². The van der Waals surface area contributed by atoms with Crippen LogP contribution in [0.25, 0.3) is 10.1 Å². The molecule has 0 saturated carbocycles. The summed E-state index contributed by atoms with van der Waals surface area (Å²) in [5, 5.41) is 7.36. The highest BCUT2D eigenvalue weighted by Gasteiger charge is 2.32. The number of benzene rings is 1. The molecule has 0 radical (unpaired) electrons. The SMILES string of the molecule is Cl.Cl.c1ccc2c([C@H](C3CCOCC3)N3CCNCC3)csc2c1. The number of hydrogen-bond donors (Lipinski definition) is 1. The van der Waals surface area contributed by atoms with Crippen molar-refractivity contribution in [3.05, 3.63) is 35.2 Å². The number of hydrogen-bond acceptors (Lipinski definition) is 4. The molecular weight excluding hydrogens is 363 g/mol. The lowest BCUT2D eigenvalue weighted by molar-refractivity contribution is 0.0218. The van der Waals surface area contributed by atoms with Gasteiger partial charge in [-0.1, -0.05) is 18.2 Å². The molecule has 2 aliphatic heterocycles. The van der Waals surface area contributed by atoms with Crippen LogP contribution >= 0.6 is 36.2 Å². The molecule has 134 valence electrons. The van der Waals surface area contributed by atoms with Gasteiger partial charge in [-0.15, -0.1) is 36.2 Å². The quantitative estimate of drug-likeness (QED) is 0.855. The minimum Gasteiger partial charge on any atom is -0.381 e. The number of halogens is 2. The maximum Gasteiger partial charge on any atom is 0.0469 e. The van der Waals surface area contributed by atoms with Crippen LogP contribution in [0.4, 0.5) is 0 Å². The Kier molecular flexibility index (Phi) is 7.79. The van der Waals surface area contributed by atoms with Crippen LogP contribution in [0.2, 0.25) is 0 Å². The molecule has 24 heavy (non-hydrogen) atoms. The van der Waals surface area contributed by atoms with Crippen LogP contribution in [0.1, 0.15) is 24.4 Å². The van der Waals surface area contributed by atoms with E-state index in [1.165, 1.54) is 22.9 Å². The van der Waals surface area contributed by atoms with Gasteiger partial charge in [0.05, 0.1) is 0 Å². The molecule has 0 bridgehead atoms. The Morgan fingerprint density at radius 2 is 1.79 bits per heavy atom. The molecule has 2 saturated heterocycles. The average Bonchev–Trinajstić information content (AvgIpc) is 3.01. The zero-order valence-electron chi connectivity index (χ0n) is 13.8. The summed E-state index contributed by atoms with van der Waals surface area (Å²) in [6, 6.07) is 9.44. The maximum absolute atomic E-state index is 5.61. The Bertz CT molecular complexity index is 606. The van der Waals surface area contributed by atoms with Crippen LogP contribution in [-0.4, -0.2) is 44.3 Å². The number of nitrogens with zero attached hydrogens (tertiary/aromatic N) is 1. The van der Waals surface area contributed by atoms with E-state index in [1.54, 1.807) is 5.56 Å². The summed E-state index contributed by atoms with van der Waals surface area (Å²) in [7, 11) is 0. The first-order valence-corrected chi connectivity index (χ1v) is 9.30. The molecule has 2 fully saturated rings. The van der Waals surface area contributed by atoms with E-state index in [-0.39, 0.29) is 24.8 Å². The molecule has 6 heteroatoms. The number of ether oxygens (including phenoxy) is 1. The van der Waals surface area contributed by atoms with E-state index in [1.807, 2.05) is 11.3 Å². The van der Waals surface area contributed by atoms with Crippen LogP contribution in [0.5, 0.6) is 0 Å². The van der Waals surface area contributed by atoms with Crippen molar-refractivity contribution in [1.82, 2.24) is 10.2 Å². The molecule has 3 nitrogen and oxygen atoms in total. The van der Waals surface area contributed by atoms with Crippen LogP contribution in [0, 0.1) is 5.92 Å². The van der Waals surface area contributed by atoms with Crippen molar-refractivity contribution in [3.8, 4) is 0 Å². The standard InChI is InChI=1S/C18H24N2OS.2ClH/c1-2-4-17-15(3-1)16(13-22-17)18(14-5-11-21-12-6-14)20-9-7-19-8-10-20;;/h1-4,13-14,18-19H,5-12H2;2*1H/t18-;;/m0../s1. The molecule has 2 aliphatic rings. The summed E-state index contributed by atoms with van der Waals surface area (Å²) >= 11 is 1.90. The van der Waals surface area contributed by atoms with E-state index in [0.717, 1.165) is 45.3 Å². The van der Waals surface area contributed by atoms with Crippen molar-refractivity contribution in [1.29, 1.82) is 0 Å². The molecule has 1 N–H and O–H groups in total. The highest BCUT2D eigenvalue weighted by atomic mass is 35.5. The van der Waals surface area contributed by atoms with Crippen LogP contribution in [0.15, 0.2) is 29.6 Å². The lowest BCUT2D eigenvalue weighted by atomic mass is 9.85. The number of rotatable bonds is 3. The van der Waals surface area contributed by atoms with Crippen molar-refractivity contribution in [2.75, 3.05) is 39.4 Å². The summed E-state index contributed by atoms with van der Waals surface area (Å²) in [4.78, 5) is 2.71. The molecule has 1 aromatic carbocycles. The van der Waals surface area contributed by atoms with Gasteiger partial charge in [0.15, 0.2) is 0 Å². The molecule has 1 atom stereocenters. The molecule has 1 aromatic heterocycles. The predicted molar refractivity (Wildman–Crippen MR) is 107 cm³/mol. The number of fused-ring (bicyclic) bond motifs is 1. The lowest BCUT2D eigenvalue weighted by Crippen LogP contribution is -2.47. The molecule has 2 aromatic rings. The lowest BCUT2D eigenvalue weighted by Gasteiger charge is -2.41. The van der Waals surface area contributed by atoms with E-state index in [9.17, 15) is 0 Å². The van der Waals surface area contributed by atoms with Gasteiger partial charge in [0.1, 0.15) is 0 Å². The Labute approximate surface area is 160 Å². The second kappa shape index (κ2) is 9.37. The molecule has 3 heterocycles. The zero-order valence-corrected chi connectivity index (χ0v) is 16.2. The van der Waals surface area contributed by atoms with Gasteiger partial charge in [0, 0.05) is 50.1 Å². The van der Waals surface area contributed by atoms with Crippen molar-refractivity contribution in [3.63, 3.8) is 0 Å². The first-order valence-electron chi connectivity index (χ1n) is 8.42. The minimum atomic E-state index is 0. The van der Waals surface area contributed by atoms with Gasteiger partial charge in [0.2, 0.25) is 0 Å². The van der Waals surface area contributed by atoms with Gasteiger partial charge in [-0.25, -0.2) is 0 Å². The Hall–Kier alpha value is -0.360. The third-order valence-electron chi connectivity index (χ3n) is 5.09. The highest BCUT2D eigenvalue weighted by Crippen LogP contribution is 2.40. The summed E-state index contributed by atoms with van der Waals surface area (Å²) < 4.78 is 7.03. The second-order valence-corrected chi connectivity index (χ2v) is 7.28. The third-order valence-corrected chi connectivity index (χ3v) is 6.07. The zero-order chi connectivity index (χ0) is 14.8. The van der Waals surface area contributed by atoms with Crippen molar-refractivity contribution >= 4 is 46.2 Å². The molecule has 0 spiro atoms. The Morgan fingerprint density at radius 3 is 2.54 bits per heavy atom. The largest absolute Gasteiger partial charge is 0.381 e. The minimum absolute atomic E-state index is 0. The molecular formula is C18H26Cl2N2OS. The van der Waals surface area contributed by atoms with Crippen molar-refractivity contribution < 1.29 is 4.74 Å². The molecule has 4 rings (SSSR count). The normalized spacial score (nSPS) is 21.0. The fourth-order valence-corrected chi connectivity index (χ4v) is 4.96. The third kappa shape index (κ3) is 4.06. The Morgan fingerprint density at radius 1 is 1.08 bits per heavy atom. The monoisotopic (exact) mass is 388 g/mol. The fourth-order valence-electron chi connectivity index (χ4n) is 3.97. The predicted octanol–water partition coefficient (Wildman–Crippen LogP) is 4.12. The number of piperazine rings is 1. The van der Waals surface area contributed by atoms with Gasteiger partial charge in [-0.2, -0.15) is 0 Å². The first-order chi connectivity index (χ1) is 10.9. The molecule has 0 amide bonds. The summed E-state index contributed by atoms with van der Waals surface area (Å²) in [5.74, 6) is 0.727. The van der Waals surface area contributed by atoms with Gasteiger partial charge in [-0.3, -0.25) is 4.90 Å². The van der Waals surface area contributed by atoms with E-state index >= 15 is 0 Å². The number of thiophene rings is 1. The second-order valence-electron chi connectivity index (χ2n) is 6.37. The van der Waals surface area contributed by atoms with Crippen LogP contribution < -0.4 is 5.32 Å². The fraction of sp³-hybridized carbons (Fsp3) is 0.556. The highest BCUT2D eigenvalue weighted by molar-refractivity contribution is 7.17. The van der Waals surface area contributed by atoms with Gasteiger partial charge >= 0.3 is 0 Å². The summed E-state index contributed by atoms with van der Waals surface area (Å²) in [5.41, 5.74) is 1.55. The molecule has 0 aliphatic carbocycles. The smallest absolute Gasteiger partial charge is 0.0469 e. The van der Waals surface area contributed by atoms with Gasteiger partial charge < -0.3 is 10.1 Å². The van der Waals surface area contributed by atoms with Crippen LogP contribution in [0.3, 0.4) is 0 Å². The van der Waals surface area contributed by atoms with Crippen LogP contribution in [-0.2, 0) is 4.74 Å². The first kappa shape index (κ1) is 20.0. The summed E-state index contributed by atoms with van der Waals surface area (Å²) in [6.45, 7) is 6.40. The van der Waals surface area contributed by atoms with Gasteiger partial charge in [-0.05, 0) is 41.2 Å².